The molecule has 42 heavy (non-hydrogen) atoms. The lowest BCUT2D eigenvalue weighted by atomic mass is 9.91. The fourth-order valence-corrected chi connectivity index (χ4v) is 7.81. The Bertz CT molecular complexity index is 1500. The minimum Gasteiger partial charge on any atom is -0.507 e. The number of benzene rings is 4. The zero-order chi connectivity index (χ0) is 30.4. The second kappa shape index (κ2) is 13.8. The third kappa shape index (κ3) is 7.77. The number of aromatic hydroxyl groups is 1. The molecule has 0 amide bonds. The molecule has 0 unspecified atom stereocenters. The van der Waals surface area contributed by atoms with Crippen molar-refractivity contribution in [2.75, 3.05) is 11.5 Å². The second-order valence-electron chi connectivity index (χ2n) is 11.1. The van der Waals surface area contributed by atoms with Crippen LogP contribution in [0.2, 0.25) is 0 Å². The number of rotatable bonds is 12. The van der Waals surface area contributed by atoms with Gasteiger partial charge >= 0.3 is 0 Å². The van der Waals surface area contributed by atoms with E-state index in [-0.39, 0.29) is 23.7 Å². The molecule has 2 N–H and O–H groups in total. The van der Waals surface area contributed by atoms with Crippen LogP contribution in [0.5, 0.6) is 11.5 Å². The minimum atomic E-state index is -1.52. The summed E-state index contributed by atoms with van der Waals surface area (Å²) >= 11 is 0. The molecule has 0 aromatic heterocycles. The van der Waals surface area contributed by atoms with Gasteiger partial charge in [-0.05, 0) is 94.0 Å². The fraction of sp³-hybridized carbons (Fsp3) is 0.314. The molecule has 0 saturated carbocycles. The van der Waals surface area contributed by atoms with E-state index in [1.807, 2.05) is 89.2 Å². The van der Waals surface area contributed by atoms with E-state index in [0.717, 1.165) is 27.8 Å². The van der Waals surface area contributed by atoms with E-state index < -0.39 is 27.2 Å². The van der Waals surface area contributed by atoms with E-state index in [9.17, 15) is 18.6 Å². The van der Waals surface area contributed by atoms with E-state index >= 15 is 0 Å². The third-order valence-corrected chi connectivity index (χ3v) is 11.0. The molecule has 0 fully saturated rings. The Kier molecular flexibility index (Phi) is 10.4. The topological polar surface area (TPSA) is 83.8 Å². The molecule has 2 atom stereocenters. The highest BCUT2D eigenvalue weighted by atomic mass is 32.2. The minimum absolute atomic E-state index is 0.0737. The first-order valence-corrected chi connectivity index (χ1v) is 16.7. The van der Waals surface area contributed by atoms with Gasteiger partial charge in [-0.1, -0.05) is 65.7 Å². The summed E-state index contributed by atoms with van der Waals surface area (Å²) in [6.07, 6.45) is 0.463. The predicted octanol–water partition coefficient (Wildman–Crippen LogP) is 6.79. The van der Waals surface area contributed by atoms with E-state index in [0.29, 0.717) is 39.7 Å². The Morgan fingerprint density at radius 1 is 0.690 bits per heavy atom. The molecule has 7 heteroatoms. The van der Waals surface area contributed by atoms with Gasteiger partial charge in [-0.2, -0.15) is 0 Å². The van der Waals surface area contributed by atoms with Gasteiger partial charge in [-0.15, -0.1) is 0 Å². The number of ether oxygens (including phenoxy) is 1. The molecule has 4 aromatic rings. The molecule has 0 spiro atoms. The zero-order valence-electron chi connectivity index (χ0n) is 25.0. The highest BCUT2D eigenvalue weighted by molar-refractivity contribution is 7.86. The van der Waals surface area contributed by atoms with Gasteiger partial charge in [-0.3, -0.25) is 8.42 Å². The Morgan fingerprint density at radius 2 is 1.19 bits per heavy atom. The van der Waals surface area contributed by atoms with E-state index in [4.69, 9.17) is 4.74 Å². The first-order valence-electron chi connectivity index (χ1n) is 14.1. The summed E-state index contributed by atoms with van der Waals surface area (Å²) in [4.78, 5) is 1.23. The van der Waals surface area contributed by atoms with Gasteiger partial charge in [0, 0.05) is 15.4 Å². The van der Waals surface area contributed by atoms with Crippen molar-refractivity contribution in [2.45, 2.75) is 69.5 Å². The van der Waals surface area contributed by atoms with Crippen LogP contribution in [0.3, 0.4) is 0 Å². The molecule has 0 aliphatic carbocycles. The number of hydrogen-bond acceptors (Lipinski definition) is 5. The molecule has 4 rings (SSSR count). The van der Waals surface area contributed by atoms with Gasteiger partial charge in [-0.25, -0.2) is 0 Å². The Balaban J connectivity index is 1.62. The second-order valence-corrected chi connectivity index (χ2v) is 14.0. The summed E-state index contributed by atoms with van der Waals surface area (Å²) in [6, 6.07) is 24.7. The average molecular weight is 605 g/mol. The van der Waals surface area contributed by atoms with Crippen molar-refractivity contribution in [3.8, 4) is 11.5 Å². The number of aliphatic hydroxyl groups is 1. The third-order valence-electron chi connectivity index (χ3n) is 7.77. The molecule has 5 nitrogen and oxygen atoms in total. The SMILES string of the molecule is Cc1ccc([S@](=O)CC(O)(CCc2c(C)c(OCc3ccccc3)c(C)c(C)c2O)C[S@@](=O)c2ccc(C)cc2)cc1. The molecule has 0 heterocycles. The van der Waals surface area contributed by atoms with Crippen molar-refractivity contribution in [3.05, 3.63) is 118 Å². The monoisotopic (exact) mass is 604 g/mol. The average Bonchev–Trinajstić information content (AvgIpc) is 2.97. The van der Waals surface area contributed by atoms with Gasteiger partial charge in [0.2, 0.25) is 0 Å². The predicted molar refractivity (Wildman–Crippen MR) is 171 cm³/mol. The van der Waals surface area contributed by atoms with Gasteiger partial charge in [0.15, 0.2) is 0 Å². The summed E-state index contributed by atoms with van der Waals surface area (Å²) in [5, 5.41) is 23.2. The van der Waals surface area contributed by atoms with Crippen LogP contribution < -0.4 is 4.74 Å². The van der Waals surface area contributed by atoms with Crippen molar-refractivity contribution < 1.29 is 23.4 Å². The molecule has 0 aliphatic rings. The van der Waals surface area contributed by atoms with Crippen LogP contribution in [0.1, 0.15) is 45.4 Å². The number of hydrogen-bond donors (Lipinski definition) is 2. The summed E-state index contributed by atoms with van der Waals surface area (Å²) in [7, 11) is -3.03. The Hall–Kier alpha value is -3.26. The summed E-state index contributed by atoms with van der Waals surface area (Å²) < 4.78 is 33.1. The molecule has 0 aliphatic heterocycles. The quantitative estimate of drug-likeness (QED) is 0.186. The summed E-state index contributed by atoms with van der Waals surface area (Å²) in [6.45, 7) is 10.0. The van der Waals surface area contributed by atoms with Crippen molar-refractivity contribution in [3.63, 3.8) is 0 Å². The lowest BCUT2D eigenvalue weighted by Gasteiger charge is -2.29. The van der Waals surface area contributed by atoms with Crippen LogP contribution in [-0.2, 0) is 34.6 Å². The largest absolute Gasteiger partial charge is 0.507 e. The van der Waals surface area contributed by atoms with Gasteiger partial charge in [0.25, 0.3) is 0 Å². The summed E-state index contributed by atoms with van der Waals surface area (Å²) in [5.41, 5.74) is 4.67. The first kappa shape index (κ1) is 31.7. The van der Waals surface area contributed by atoms with Crippen molar-refractivity contribution in [1.29, 1.82) is 0 Å². The molecule has 0 radical (unpaired) electrons. The molecule has 0 saturated heterocycles. The van der Waals surface area contributed by atoms with Crippen molar-refractivity contribution in [1.82, 2.24) is 0 Å². The zero-order valence-corrected chi connectivity index (χ0v) is 26.6. The lowest BCUT2D eigenvalue weighted by Crippen LogP contribution is -2.41. The standard InChI is InChI=1S/C35H40O5S2/c1-24-11-15-30(16-12-24)41(38)22-35(37,23-42(39)31-17-13-25(2)14-18-31)20-19-32-28(5)34(27(4)26(3)33(32)36)40-21-29-9-7-6-8-10-29/h6-18,36-37H,19-23H2,1-5H3/t41-,42-/m1/s1. The lowest BCUT2D eigenvalue weighted by molar-refractivity contribution is 0.0794. The maximum Gasteiger partial charge on any atom is 0.126 e. The van der Waals surface area contributed by atoms with E-state index in [1.54, 1.807) is 24.3 Å². The normalized spacial score (nSPS) is 13.1. The van der Waals surface area contributed by atoms with E-state index in [1.165, 1.54) is 0 Å². The smallest absolute Gasteiger partial charge is 0.126 e. The van der Waals surface area contributed by atoms with Crippen LogP contribution in [0, 0.1) is 34.6 Å². The van der Waals surface area contributed by atoms with Crippen LogP contribution in [0.4, 0.5) is 0 Å². The van der Waals surface area contributed by atoms with Crippen LogP contribution >= 0.6 is 0 Å². The Morgan fingerprint density at radius 3 is 1.69 bits per heavy atom. The molecular weight excluding hydrogens is 565 g/mol. The van der Waals surface area contributed by atoms with E-state index in [2.05, 4.69) is 0 Å². The number of phenols is 1. The van der Waals surface area contributed by atoms with Gasteiger partial charge in [0.05, 0.1) is 38.7 Å². The molecule has 4 aromatic carbocycles. The highest BCUT2D eigenvalue weighted by Crippen LogP contribution is 2.39. The maximum atomic E-state index is 13.4. The molecule has 222 valence electrons. The van der Waals surface area contributed by atoms with Gasteiger partial charge in [0.1, 0.15) is 18.1 Å². The van der Waals surface area contributed by atoms with Crippen LogP contribution in [0.15, 0.2) is 88.7 Å². The number of phenolic OH excluding ortho intramolecular Hbond substituents is 1. The summed E-state index contributed by atoms with van der Waals surface area (Å²) in [5.74, 6) is 0.726. The molecular formula is C35H40O5S2. The van der Waals surface area contributed by atoms with Crippen molar-refractivity contribution in [2.24, 2.45) is 0 Å². The fourth-order valence-electron chi connectivity index (χ4n) is 5.00. The molecule has 0 bridgehead atoms. The van der Waals surface area contributed by atoms with Crippen LogP contribution in [-0.4, -0.2) is 35.7 Å². The van der Waals surface area contributed by atoms with Crippen LogP contribution in [0.25, 0.3) is 0 Å². The van der Waals surface area contributed by atoms with Crippen molar-refractivity contribution >= 4 is 21.6 Å². The highest BCUT2D eigenvalue weighted by Gasteiger charge is 2.34. The number of aryl methyl sites for hydroxylation is 2. The first-order chi connectivity index (χ1) is 20.0. The van der Waals surface area contributed by atoms with Gasteiger partial charge < -0.3 is 14.9 Å². The Labute approximate surface area is 254 Å². The maximum absolute atomic E-state index is 13.4.